The third-order valence-electron chi connectivity index (χ3n) is 6.12. The first-order valence-electron chi connectivity index (χ1n) is 11.4. The number of likely N-dealkylation sites (tertiary alicyclic amines) is 1. The number of rotatable bonds is 7. The lowest BCUT2D eigenvalue weighted by Gasteiger charge is -2.31. The van der Waals surface area contributed by atoms with E-state index in [0.717, 1.165) is 37.9 Å². The molecule has 1 atom stereocenters. The van der Waals surface area contributed by atoms with Crippen molar-refractivity contribution in [2.24, 2.45) is 5.92 Å². The zero-order valence-electron chi connectivity index (χ0n) is 18.9. The topological polar surface area (TPSA) is 71.3 Å². The van der Waals surface area contributed by atoms with E-state index >= 15 is 0 Å². The first-order valence-corrected chi connectivity index (χ1v) is 12.2. The van der Waals surface area contributed by atoms with Gasteiger partial charge in [0.1, 0.15) is 0 Å². The second-order valence-electron chi connectivity index (χ2n) is 8.36. The van der Waals surface area contributed by atoms with Gasteiger partial charge in [0.15, 0.2) is 0 Å². The van der Waals surface area contributed by atoms with Crippen LogP contribution in [0.15, 0.2) is 40.9 Å². The van der Waals surface area contributed by atoms with Crippen molar-refractivity contribution in [3.8, 4) is 11.4 Å². The highest BCUT2D eigenvalue weighted by atomic mass is 35.5. The van der Waals surface area contributed by atoms with Crippen LogP contribution in [-0.2, 0) is 24.2 Å². The van der Waals surface area contributed by atoms with Crippen molar-refractivity contribution in [2.75, 3.05) is 18.4 Å². The lowest BCUT2D eigenvalue weighted by atomic mass is 9.96. The lowest BCUT2D eigenvalue weighted by molar-refractivity contribution is -0.121. The van der Waals surface area contributed by atoms with Gasteiger partial charge >= 0.3 is 0 Å². The quantitative estimate of drug-likeness (QED) is 0.441. The van der Waals surface area contributed by atoms with Crippen molar-refractivity contribution in [2.45, 2.75) is 46.1 Å². The SMILES string of the molecule is CCc1cccc(CC)c1NC(=O)C1CCCN(Cc2nc(-c3ccc(Cl)cc3Cl)no2)C1. The predicted octanol–water partition coefficient (Wildman–Crippen LogP) is 6.02. The predicted molar refractivity (Wildman–Crippen MR) is 132 cm³/mol. The van der Waals surface area contributed by atoms with Crippen LogP contribution in [0.25, 0.3) is 11.4 Å². The minimum atomic E-state index is -0.0820. The normalized spacial score (nSPS) is 16.7. The van der Waals surface area contributed by atoms with E-state index in [2.05, 4.69) is 52.4 Å². The molecule has 0 radical (unpaired) electrons. The number of nitrogens with zero attached hydrogens (tertiary/aromatic N) is 3. The second-order valence-corrected chi connectivity index (χ2v) is 9.20. The summed E-state index contributed by atoms with van der Waals surface area (Å²) in [5.41, 5.74) is 4.00. The molecule has 2 heterocycles. The van der Waals surface area contributed by atoms with Gasteiger partial charge in [0.2, 0.25) is 17.6 Å². The van der Waals surface area contributed by atoms with Crippen LogP contribution >= 0.6 is 23.2 Å². The van der Waals surface area contributed by atoms with Crippen molar-refractivity contribution in [1.29, 1.82) is 0 Å². The maximum atomic E-state index is 13.1. The van der Waals surface area contributed by atoms with Gasteiger partial charge in [0, 0.05) is 22.8 Å². The van der Waals surface area contributed by atoms with Gasteiger partial charge in [0.05, 0.1) is 17.5 Å². The molecule has 174 valence electrons. The van der Waals surface area contributed by atoms with Gasteiger partial charge in [-0.15, -0.1) is 0 Å². The van der Waals surface area contributed by atoms with Crippen molar-refractivity contribution in [1.82, 2.24) is 15.0 Å². The minimum absolute atomic E-state index is 0.0782. The summed E-state index contributed by atoms with van der Waals surface area (Å²) >= 11 is 12.2. The Morgan fingerprint density at radius 1 is 1.18 bits per heavy atom. The summed E-state index contributed by atoms with van der Waals surface area (Å²) in [7, 11) is 0. The molecule has 1 aromatic heterocycles. The number of nitrogens with one attached hydrogen (secondary N) is 1. The van der Waals surface area contributed by atoms with Gasteiger partial charge in [-0.3, -0.25) is 9.69 Å². The first kappa shape index (κ1) is 23.7. The average Bonchev–Trinajstić information content (AvgIpc) is 3.27. The maximum absolute atomic E-state index is 13.1. The smallest absolute Gasteiger partial charge is 0.241 e. The number of amides is 1. The fourth-order valence-corrected chi connectivity index (χ4v) is 4.83. The molecule has 3 aromatic rings. The van der Waals surface area contributed by atoms with Crippen molar-refractivity contribution in [3.05, 3.63) is 63.5 Å². The molecule has 0 aliphatic carbocycles. The van der Waals surface area contributed by atoms with E-state index < -0.39 is 0 Å². The molecular formula is C25H28Cl2N4O2. The van der Waals surface area contributed by atoms with Crippen LogP contribution in [0.3, 0.4) is 0 Å². The summed E-state index contributed by atoms with van der Waals surface area (Å²) in [6.45, 7) is 6.26. The Balaban J connectivity index is 1.41. The molecule has 0 saturated carbocycles. The Morgan fingerprint density at radius 2 is 1.94 bits per heavy atom. The molecule has 1 aliphatic rings. The van der Waals surface area contributed by atoms with E-state index in [4.69, 9.17) is 27.7 Å². The molecule has 0 bridgehead atoms. The number of hydrogen-bond donors (Lipinski definition) is 1. The molecule has 4 rings (SSSR count). The summed E-state index contributed by atoms with van der Waals surface area (Å²) < 4.78 is 5.46. The molecular weight excluding hydrogens is 459 g/mol. The van der Waals surface area contributed by atoms with Crippen LogP contribution in [0.1, 0.15) is 43.7 Å². The standard InChI is InChI=1S/C25H28Cl2N4O2/c1-3-16-7-5-8-17(4-2)23(16)29-25(32)18-9-6-12-31(14-18)15-22-28-24(30-33-22)20-11-10-19(26)13-21(20)27/h5,7-8,10-11,13,18H,3-4,6,9,12,14-15H2,1-2H3,(H,29,32). The Morgan fingerprint density at radius 3 is 2.64 bits per heavy atom. The average molecular weight is 487 g/mol. The third-order valence-corrected chi connectivity index (χ3v) is 6.67. The molecule has 2 aromatic carbocycles. The van der Waals surface area contributed by atoms with Gasteiger partial charge in [-0.25, -0.2) is 0 Å². The van der Waals surface area contributed by atoms with E-state index in [1.165, 1.54) is 11.1 Å². The maximum Gasteiger partial charge on any atom is 0.241 e. The zero-order chi connectivity index (χ0) is 23.4. The molecule has 1 fully saturated rings. The first-order chi connectivity index (χ1) is 16.0. The van der Waals surface area contributed by atoms with E-state index in [-0.39, 0.29) is 11.8 Å². The number of hydrogen-bond acceptors (Lipinski definition) is 5. The Bertz CT molecular complexity index is 1110. The number of piperidine rings is 1. The van der Waals surface area contributed by atoms with Crippen molar-refractivity contribution in [3.63, 3.8) is 0 Å². The summed E-state index contributed by atoms with van der Waals surface area (Å²) in [4.78, 5) is 19.8. The third kappa shape index (κ3) is 5.57. The Hall–Kier alpha value is -2.41. The van der Waals surface area contributed by atoms with Gasteiger partial charge in [-0.05, 0) is 61.6 Å². The van der Waals surface area contributed by atoms with Crippen molar-refractivity contribution >= 4 is 34.8 Å². The number of carbonyl (C=O) groups excluding carboxylic acids is 1. The van der Waals surface area contributed by atoms with Crippen molar-refractivity contribution < 1.29 is 9.32 Å². The lowest BCUT2D eigenvalue weighted by Crippen LogP contribution is -2.40. The van der Waals surface area contributed by atoms with Gasteiger partial charge in [-0.1, -0.05) is 60.4 Å². The number of benzene rings is 2. The van der Waals surface area contributed by atoms with E-state index in [1.807, 2.05) is 0 Å². The van der Waals surface area contributed by atoms with E-state index in [0.29, 0.717) is 40.4 Å². The summed E-state index contributed by atoms with van der Waals surface area (Å²) in [5, 5.41) is 8.33. The number of anilines is 1. The fraction of sp³-hybridized carbons (Fsp3) is 0.400. The highest BCUT2D eigenvalue weighted by Crippen LogP contribution is 2.29. The van der Waals surface area contributed by atoms with Crippen LogP contribution in [0.5, 0.6) is 0 Å². The number of carbonyl (C=O) groups is 1. The number of halogens is 2. The summed E-state index contributed by atoms with van der Waals surface area (Å²) in [6, 6.07) is 11.4. The van der Waals surface area contributed by atoms with Crippen LogP contribution in [0, 0.1) is 5.92 Å². The van der Waals surface area contributed by atoms with Gasteiger partial charge < -0.3 is 9.84 Å². The zero-order valence-corrected chi connectivity index (χ0v) is 20.4. The largest absolute Gasteiger partial charge is 0.338 e. The molecule has 0 spiro atoms. The van der Waals surface area contributed by atoms with Gasteiger partial charge in [0.25, 0.3) is 0 Å². The van der Waals surface area contributed by atoms with Crippen LogP contribution in [0.4, 0.5) is 5.69 Å². The molecule has 6 nitrogen and oxygen atoms in total. The second kappa shape index (κ2) is 10.7. The summed E-state index contributed by atoms with van der Waals surface area (Å²) in [5.74, 6) is 0.929. The Kier molecular flexibility index (Phi) is 7.68. The molecule has 1 unspecified atom stereocenters. The number of para-hydroxylation sites is 1. The highest BCUT2D eigenvalue weighted by molar-refractivity contribution is 6.36. The minimum Gasteiger partial charge on any atom is -0.338 e. The van der Waals surface area contributed by atoms with Gasteiger partial charge in [-0.2, -0.15) is 4.98 Å². The molecule has 1 amide bonds. The molecule has 1 aliphatic heterocycles. The van der Waals surface area contributed by atoms with E-state index in [9.17, 15) is 4.79 Å². The molecule has 1 N–H and O–H groups in total. The Labute approximate surface area is 204 Å². The number of aryl methyl sites for hydroxylation is 2. The summed E-state index contributed by atoms with van der Waals surface area (Å²) in [6.07, 6.45) is 3.58. The fourth-order valence-electron chi connectivity index (χ4n) is 4.33. The van der Waals surface area contributed by atoms with Crippen LogP contribution < -0.4 is 5.32 Å². The van der Waals surface area contributed by atoms with E-state index in [1.54, 1.807) is 18.2 Å². The monoisotopic (exact) mass is 486 g/mol. The number of aromatic nitrogens is 2. The molecule has 8 heteroatoms. The molecule has 33 heavy (non-hydrogen) atoms. The highest BCUT2D eigenvalue weighted by Gasteiger charge is 2.28. The van der Waals surface area contributed by atoms with Crippen LogP contribution in [-0.4, -0.2) is 34.0 Å². The molecule has 1 saturated heterocycles. The van der Waals surface area contributed by atoms with Crippen LogP contribution in [0.2, 0.25) is 10.0 Å².